The van der Waals surface area contributed by atoms with E-state index in [-0.39, 0.29) is 6.04 Å². The van der Waals surface area contributed by atoms with Crippen molar-refractivity contribution in [2.45, 2.75) is 6.04 Å². The Labute approximate surface area is 147 Å². The predicted octanol–water partition coefficient (Wildman–Crippen LogP) is 4.53. The van der Waals surface area contributed by atoms with Crippen molar-refractivity contribution in [3.05, 3.63) is 102 Å². The van der Waals surface area contributed by atoms with E-state index in [9.17, 15) is 0 Å². The first-order valence-electron chi connectivity index (χ1n) is 8.41. The number of hydrogen-bond acceptors (Lipinski definition) is 3. The lowest BCUT2D eigenvalue weighted by Gasteiger charge is -2.15. The topological polar surface area (TPSA) is 36.8 Å². The molecule has 0 spiro atoms. The number of aliphatic imine (C=N–C) groups is 2. The van der Waals surface area contributed by atoms with Gasteiger partial charge in [-0.3, -0.25) is 4.99 Å². The first-order valence-corrected chi connectivity index (χ1v) is 8.41. The molecule has 0 saturated carbocycles. The second kappa shape index (κ2) is 6.73. The quantitative estimate of drug-likeness (QED) is 0.738. The largest absolute Gasteiger partial charge is 0.374 e. The maximum absolute atomic E-state index is 5.13. The van der Waals surface area contributed by atoms with E-state index in [1.165, 1.54) is 0 Å². The van der Waals surface area contributed by atoms with Gasteiger partial charge in [-0.15, -0.1) is 0 Å². The molecule has 1 unspecified atom stereocenters. The van der Waals surface area contributed by atoms with Crippen molar-refractivity contribution in [1.82, 2.24) is 5.32 Å². The summed E-state index contributed by atoms with van der Waals surface area (Å²) in [6.45, 7) is 0. The Balaban J connectivity index is 1.96. The molecule has 1 aliphatic rings. The number of nitrogens with zero attached hydrogens (tertiary/aromatic N) is 2. The molecule has 0 radical (unpaired) electrons. The minimum absolute atomic E-state index is 0.159. The lowest BCUT2D eigenvalue weighted by molar-refractivity contribution is 0.909. The van der Waals surface area contributed by atoms with Crippen LogP contribution in [0, 0.1) is 0 Å². The Kier molecular flexibility index (Phi) is 4.13. The van der Waals surface area contributed by atoms with Gasteiger partial charge in [0.1, 0.15) is 11.9 Å². The highest BCUT2D eigenvalue weighted by Crippen LogP contribution is 2.31. The van der Waals surface area contributed by atoms with Gasteiger partial charge in [-0.1, -0.05) is 78.9 Å². The first-order chi connectivity index (χ1) is 12.4. The van der Waals surface area contributed by atoms with Gasteiger partial charge in [0.25, 0.3) is 0 Å². The minimum Gasteiger partial charge on any atom is -0.374 e. The van der Waals surface area contributed by atoms with Crippen LogP contribution in [-0.2, 0) is 0 Å². The number of amidine groups is 1. The van der Waals surface area contributed by atoms with Crippen LogP contribution in [-0.4, -0.2) is 18.6 Å². The van der Waals surface area contributed by atoms with Crippen molar-refractivity contribution < 1.29 is 0 Å². The Hall–Kier alpha value is -3.20. The molecule has 0 saturated heterocycles. The Morgan fingerprint density at radius 1 is 0.760 bits per heavy atom. The summed E-state index contributed by atoms with van der Waals surface area (Å²) in [5, 5.41) is 3.25. The van der Waals surface area contributed by atoms with Crippen molar-refractivity contribution in [3.63, 3.8) is 0 Å². The van der Waals surface area contributed by atoms with Crippen LogP contribution in [0.4, 0.5) is 5.69 Å². The van der Waals surface area contributed by atoms with E-state index in [1.54, 1.807) is 0 Å². The second-order valence-corrected chi connectivity index (χ2v) is 5.92. The summed E-state index contributed by atoms with van der Waals surface area (Å²) in [6.07, 6.45) is 0. The summed E-state index contributed by atoms with van der Waals surface area (Å²) in [6, 6.07) is 28.6. The molecular weight excluding hydrogens is 306 g/mol. The van der Waals surface area contributed by atoms with Crippen LogP contribution < -0.4 is 5.32 Å². The summed E-state index contributed by atoms with van der Waals surface area (Å²) >= 11 is 0. The van der Waals surface area contributed by atoms with Gasteiger partial charge in [0, 0.05) is 18.2 Å². The van der Waals surface area contributed by atoms with Crippen LogP contribution in [0.25, 0.3) is 0 Å². The number of rotatable bonds is 2. The fourth-order valence-electron chi connectivity index (χ4n) is 3.11. The Morgan fingerprint density at radius 3 is 2.12 bits per heavy atom. The standard InChI is InChI=1S/C22H19N3/c1-23-22-21(17-12-6-3-7-13-17)25-20(16-10-4-2-5-11-16)18-14-8-9-15-19(18)24-22/h2-15,21H,1H3,(H,23,24). The van der Waals surface area contributed by atoms with Crippen molar-refractivity contribution in [2.24, 2.45) is 9.98 Å². The third-order valence-electron chi connectivity index (χ3n) is 4.34. The normalized spacial score (nSPS) is 16.3. The van der Waals surface area contributed by atoms with Gasteiger partial charge in [-0.05, 0) is 11.6 Å². The molecule has 3 nitrogen and oxygen atoms in total. The van der Waals surface area contributed by atoms with E-state index in [0.717, 1.165) is 33.9 Å². The summed E-state index contributed by atoms with van der Waals surface area (Å²) in [7, 11) is 1.90. The molecule has 0 amide bonds. The molecule has 1 atom stereocenters. The molecule has 4 rings (SSSR count). The molecule has 1 N–H and O–H groups in total. The van der Waals surface area contributed by atoms with E-state index >= 15 is 0 Å². The highest BCUT2D eigenvalue weighted by molar-refractivity contribution is 6.17. The van der Waals surface area contributed by atoms with Crippen LogP contribution in [0.2, 0.25) is 0 Å². The average molecular weight is 325 g/mol. The molecule has 3 aromatic rings. The summed E-state index contributed by atoms with van der Waals surface area (Å²) < 4.78 is 0. The van der Waals surface area contributed by atoms with Crippen molar-refractivity contribution >= 4 is 17.2 Å². The SMILES string of the molecule is CNC1=Nc2ccccc2C(c2ccccc2)=NC1c1ccccc1. The van der Waals surface area contributed by atoms with Gasteiger partial charge in [-0.2, -0.15) is 0 Å². The molecule has 1 aliphatic heterocycles. The zero-order chi connectivity index (χ0) is 17.1. The molecular formula is C22H19N3. The van der Waals surface area contributed by atoms with E-state index in [1.807, 2.05) is 61.6 Å². The van der Waals surface area contributed by atoms with Crippen molar-refractivity contribution in [2.75, 3.05) is 7.05 Å². The highest BCUT2D eigenvalue weighted by Gasteiger charge is 2.23. The lowest BCUT2D eigenvalue weighted by Crippen LogP contribution is -2.25. The van der Waals surface area contributed by atoms with E-state index < -0.39 is 0 Å². The number of para-hydroxylation sites is 1. The van der Waals surface area contributed by atoms with Gasteiger partial charge >= 0.3 is 0 Å². The molecule has 122 valence electrons. The van der Waals surface area contributed by atoms with Gasteiger partial charge in [0.15, 0.2) is 0 Å². The number of fused-ring (bicyclic) bond motifs is 1. The number of benzene rings is 3. The van der Waals surface area contributed by atoms with Crippen LogP contribution >= 0.6 is 0 Å². The lowest BCUT2D eigenvalue weighted by atomic mass is 10.00. The number of nitrogens with one attached hydrogen (secondary N) is 1. The zero-order valence-corrected chi connectivity index (χ0v) is 14.1. The van der Waals surface area contributed by atoms with E-state index in [2.05, 4.69) is 35.6 Å². The van der Waals surface area contributed by atoms with Gasteiger partial charge in [-0.25, -0.2) is 4.99 Å². The zero-order valence-electron chi connectivity index (χ0n) is 14.1. The monoisotopic (exact) mass is 325 g/mol. The molecule has 0 aromatic heterocycles. The Morgan fingerprint density at radius 2 is 1.40 bits per heavy atom. The smallest absolute Gasteiger partial charge is 0.133 e. The van der Waals surface area contributed by atoms with Gasteiger partial charge < -0.3 is 5.32 Å². The fourth-order valence-corrected chi connectivity index (χ4v) is 3.11. The van der Waals surface area contributed by atoms with Gasteiger partial charge in [0.2, 0.25) is 0 Å². The number of hydrogen-bond donors (Lipinski definition) is 1. The van der Waals surface area contributed by atoms with Crippen LogP contribution in [0.5, 0.6) is 0 Å². The average Bonchev–Trinajstić information content (AvgIpc) is 2.86. The molecule has 0 fully saturated rings. The molecule has 25 heavy (non-hydrogen) atoms. The maximum Gasteiger partial charge on any atom is 0.133 e. The molecule has 0 bridgehead atoms. The van der Waals surface area contributed by atoms with Crippen LogP contribution in [0.3, 0.4) is 0 Å². The molecule has 0 aliphatic carbocycles. The van der Waals surface area contributed by atoms with Crippen molar-refractivity contribution in [3.8, 4) is 0 Å². The van der Waals surface area contributed by atoms with E-state index in [4.69, 9.17) is 9.98 Å². The third kappa shape index (κ3) is 2.96. The fraction of sp³-hybridized carbons (Fsp3) is 0.0909. The third-order valence-corrected chi connectivity index (χ3v) is 4.34. The van der Waals surface area contributed by atoms with Crippen LogP contribution in [0.1, 0.15) is 22.7 Å². The minimum atomic E-state index is -0.159. The van der Waals surface area contributed by atoms with E-state index in [0.29, 0.717) is 0 Å². The molecule has 1 heterocycles. The summed E-state index contributed by atoms with van der Waals surface area (Å²) in [4.78, 5) is 10.0. The van der Waals surface area contributed by atoms with Crippen LogP contribution in [0.15, 0.2) is 94.9 Å². The summed E-state index contributed by atoms with van der Waals surface area (Å²) in [5.74, 6) is 0.851. The van der Waals surface area contributed by atoms with Gasteiger partial charge in [0.05, 0.1) is 11.4 Å². The first kappa shape index (κ1) is 15.3. The maximum atomic E-state index is 5.13. The molecule has 3 heteroatoms. The summed E-state index contributed by atoms with van der Waals surface area (Å²) in [5.41, 5.74) is 5.19. The highest BCUT2D eigenvalue weighted by atomic mass is 15.0. The second-order valence-electron chi connectivity index (χ2n) is 5.92. The van der Waals surface area contributed by atoms with Crippen molar-refractivity contribution in [1.29, 1.82) is 0 Å². The predicted molar refractivity (Wildman–Crippen MR) is 104 cm³/mol. The Bertz CT molecular complexity index is 928. The number of likely N-dealkylation sites (N-methyl/N-ethyl adjacent to an activating group) is 1. The molecule has 3 aromatic carbocycles.